The lowest BCUT2D eigenvalue weighted by Crippen LogP contribution is -2.64. The molecule has 0 aromatic heterocycles. The van der Waals surface area contributed by atoms with Crippen LogP contribution in [0.1, 0.15) is 100 Å². The molecule has 1 unspecified atom stereocenters. The summed E-state index contributed by atoms with van der Waals surface area (Å²) in [5, 5.41) is 137. The second-order valence-electron chi connectivity index (χ2n) is 28.6. The summed E-state index contributed by atoms with van der Waals surface area (Å²) in [6.45, 7) is 2.78. The van der Waals surface area contributed by atoms with E-state index in [0.717, 1.165) is 85.4 Å². The van der Waals surface area contributed by atoms with Gasteiger partial charge in [-0.15, -0.1) is 0 Å². The zero-order valence-corrected chi connectivity index (χ0v) is 58.9. The summed E-state index contributed by atoms with van der Waals surface area (Å²) >= 11 is 0. The summed E-state index contributed by atoms with van der Waals surface area (Å²) in [6.07, 6.45) is -2.77. The quantitative estimate of drug-likeness (QED) is 0.0363. The van der Waals surface area contributed by atoms with E-state index in [1.807, 2.05) is 19.2 Å². The van der Waals surface area contributed by atoms with Crippen LogP contribution in [0.25, 0.3) is 11.1 Å². The standard InChI is InChI=1S/C72H107N11O20/c1-41-35-83-63(64(41)94)69(99)75-34-52(89)32-54(76-65(95)46-11-9-44(10-12-46)45-13-15-50(16-14-45)80-25-27-81(28-26-80)51-18-21-72(102-3,22-19-51)47-6-4-5-7-47)66(96)77-60(42(2)88)70(100)82-36-53(90)33-55(82)67(97)78-61(68(98)79-62(71(83)101)57(92)20-23-73-48(37-84)38-85)58(93)30-43-8-17-56(91)59(31-43)103-29-24-74-49(39-86)40-87/h8-17,31,41-42,47-49,51-55,57-58,60-64,73-74,84-94H,4-7,18-30,32-40H2,1-3H3,(H,75,99)(H,76,95)(H,77,96)(H,78,97)(H,79,98)/t41-,42+,51?,52+,53+,54?,55-,57+,58+,60-,61-,62-,63-,64-,72?/m0/s1. The van der Waals surface area contributed by atoms with Crippen LogP contribution in [-0.2, 0) is 39.9 Å². The molecule has 31 heteroatoms. The monoisotopic (exact) mass is 1450 g/mol. The Morgan fingerprint density at radius 2 is 1.27 bits per heavy atom. The molecule has 7 amide bonds. The van der Waals surface area contributed by atoms with Gasteiger partial charge >= 0.3 is 0 Å². The molecular weight excluding hydrogens is 1340 g/mol. The number of piperazine rings is 1. The molecule has 13 atom stereocenters. The Morgan fingerprint density at radius 1 is 0.670 bits per heavy atom. The van der Waals surface area contributed by atoms with Crippen molar-refractivity contribution in [3.63, 3.8) is 0 Å². The van der Waals surface area contributed by atoms with Crippen LogP contribution >= 0.6 is 0 Å². The fourth-order valence-electron chi connectivity index (χ4n) is 15.4. The summed E-state index contributed by atoms with van der Waals surface area (Å²) in [7, 11) is 1.90. The molecule has 9 rings (SSSR count). The van der Waals surface area contributed by atoms with Crippen molar-refractivity contribution in [1.29, 1.82) is 0 Å². The number of phenolic OH excluding ortho intramolecular Hbond substituents is 1. The molecule has 4 heterocycles. The van der Waals surface area contributed by atoms with Crippen LogP contribution in [0.4, 0.5) is 5.69 Å². The van der Waals surface area contributed by atoms with Gasteiger partial charge in [-0.05, 0) is 117 Å². The number of fused-ring (bicyclic) bond motifs is 2. The number of hydrogen-bond donors (Lipinski definition) is 18. The SMILES string of the molecule is COC1(C2CCCC2)CCC(N2CCN(c3ccc(-c4ccc(C(=O)NC5C[C@@H](O)CNC(=O)[C@@H]6[C@@H](O)[C@@H](C)CN6C(=O)[C@H]([C@H](O)CCNC(CO)CO)NC(=O)[C@H]([C@H](O)Cc6ccc(O)c(OCCNC(CO)CO)c6)NC(=O)[C@@H]6C[C@@H](O)CN6C(=O)[C@H]([C@@H](C)O)NC5=O)cc4)cc3)CC2)CC1. The number of carbonyl (C=O) groups is 7. The second-order valence-corrected chi connectivity index (χ2v) is 28.6. The number of nitrogens with zero attached hydrogens (tertiary/aromatic N) is 4. The van der Waals surface area contributed by atoms with Crippen LogP contribution in [0, 0.1) is 11.8 Å². The van der Waals surface area contributed by atoms with Crippen molar-refractivity contribution in [2.45, 2.75) is 187 Å². The molecule has 4 aliphatic heterocycles. The predicted octanol–water partition coefficient (Wildman–Crippen LogP) is -3.70. The number of aliphatic hydroxyl groups excluding tert-OH is 10. The van der Waals surface area contributed by atoms with E-state index in [4.69, 9.17) is 9.47 Å². The maximum atomic E-state index is 15.1. The summed E-state index contributed by atoms with van der Waals surface area (Å²) in [6, 6.07) is 6.28. The van der Waals surface area contributed by atoms with Crippen LogP contribution in [-0.4, -0.2) is 308 Å². The van der Waals surface area contributed by atoms with Crippen molar-refractivity contribution < 1.29 is 99.2 Å². The van der Waals surface area contributed by atoms with Gasteiger partial charge < -0.3 is 118 Å². The minimum atomic E-state index is -2.13. The number of benzene rings is 3. The number of hydrogen-bond acceptors (Lipinski definition) is 24. The molecule has 6 aliphatic rings. The first-order valence-corrected chi connectivity index (χ1v) is 36.2. The lowest BCUT2D eigenvalue weighted by Gasteiger charge is -2.47. The van der Waals surface area contributed by atoms with Gasteiger partial charge in [0.25, 0.3) is 5.91 Å². The predicted molar refractivity (Wildman–Crippen MR) is 375 cm³/mol. The number of phenols is 1. The van der Waals surface area contributed by atoms with Crippen LogP contribution in [0.5, 0.6) is 11.5 Å². The highest BCUT2D eigenvalue weighted by Gasteiger charge is 2.51. The molecule has 31 nitrogen and oxygen atoms in total. The molecule has 3 aromatic rings. The normalized spacial score (nSPS) is 28.6. The van der Waals surface area contributed by atoms with Gasteiger partial charge in [0, 0.05) is 102 Å². The van der Waals surface area contributed by atoms with Crippen LogP contribution in [0.3, 0.4) is 0 Å². The maximum Gasteiger partial charge on any atom is 0.251 e. The molecular formula is C72H107N11O20. The summed E-state index contributed by atoms with van der Waals surface area (Å²) in [5.41, 5.74) is 3.02. The Morgan fingerprint density at radius 3 is 1.89 bits per heavy atom. The molecule has 2 aliphatic carbocycles. The largest absolute Gasteiger partial charge is 0.504 e. The van der Waals surface area contributed by atoms with E-state index in [1.165, 1.54) is 62.9 Å². The minimum absolute atomic E-state index is 0.0241. The molecule has 18 N–H and O–H groups in total. The van der Waals surface area contributed by atoms with E-state index in [1.54, 1.807) is 12.1 Å². The Balaban J connectivity index is 0.946. The number of ether oxygens (including phenoxy) is 2. The average Bonchev–Trinajstić information content (AvgIpc) is 1.76. The third-order valence-electron chi connectivity index (χ3n) is 21.6. The first-order valence-electron chi connectivity index (χ1n) is 36.2. The van der Waals surface area contributed by atoms with Gasteiger partial charge in [0.15, 0.2) is 11.5 Å². The fourth-order valence-corrected chi connectivity index (χ4v) is 15.4. The molecule has 4 saturated heterocycles. The van der Waals surface area contributed by atoms with Crippen molar-refractivity contribution in [3.8, 4) is 22.6 Å². The number of methoxy groups -OCH3 is 1. The number of anilines is 1. The maximum absolute atomic E-state index is 15.1. The molecule has 570 valence electrons. The number of nitrogens with one attached hydrogen (secondary N) is 7. The van der Waals surface area contributed by atoms with Gasteiger partial charge in [0.1, 0.15) is 42.9 Å². The molecule has 6 fully saturated rings. The summed E-state index contributed by atoms with van der Waals surface area (Å²) < 4.78 is 12.0. The van der Waals surface area contributed by atoms with Gasteiger partial charge in [-0.1, -0.05) is 50.1 Å². The fraction of sp³-hybridized carbons (Fsp3) is 0.653. The highest BCUT2D eigenvalue weighted by Crippen LogP contribution is 2.46. The molecule has 103 heavy (non-hydrogen) atoms. The minimum Gasteiger partial charge on any atom is -0.504 e. The highest BCUT2D eigenvalue weighted by atomic mass is 16.5. The summed E-state index contributed by atoms with van der Waals surface area (Å²) in [5.74, 6) is -8.39. The number of aliphatic hydroxyl groups is 10. The lowest BCUT2D eigenvalue weighted by atomic mass is 9.73. The number of aromatic hydroxyl groups is 1. The summed E-state index contributed by atoms with van der Waals surface area (Å²) in [4.78, 5) is 110. The van der Waals surface area contributed by atoms with Gasteiger partial charge in [-0.3, -0.25) is 38.5 Å². The van der Waals surface area contributed by atoms with E-state index in [-0.39, 0.29) is 67.7 Å². The third kappa shape index (κ3) is 20.0. The van der Waals surface area contributed by atoms with Gasteiger partial charge in [0.05, 0.1) is 80.7 Å². The van der Waals surface area contributed by atoms with E-state index >= 15 is 9.59 Å². The van der Waals surface area contributed by atoms with Crippen molar-refractivity contribution in [3.05, 3.63) is 77.9 Å². The third-order valence-corrected chi connectivity index (χ3v) is 21.6. The van der Waals surface area contributed by atoms with Gasteiger partial charge in [0.2, 0.25) is 35.4 Å². The van der Waals surface area contributed by atoms with Gasteiger partial charge in [-0.2, -0.15) is 0 Å². The molecule has 0 spiro atoms. The van der Waals surface area contributed by atoms with Crippen molar-refractivity contribution in [2.75, 3.05) is 104 Å². The van der Waals surface area contributed by atoms with Crippen molar-refractivity contribution in [1.82, 2.24) is 51.9 Å². The van der Waals surface area contributed by atoms with Crippen molar-refractivity contribution >= 4 is 47.0 Å². The molecule has 0 radical (unpaired) electrons. The van der Waals surface area contributed by atoms with E-state index in [9.17, 15) is 80.1 Å². The topological polar surface area (TPSA) is 458 Å². The Hall–Kier alpha value is -7.21. The van der Waals surface area contributed by atoms with E-state index in [2.05, 4.69) is 59.2 Å². The number of amides is 7. The smallest absolute Gasteiger partial charge is 0.251 e. The molecule has 2 saturated carbocycles. The number of carbonyl (C=O) groups excluding carboxylic acids is 7. The Bertz CT molecular complexity index is 3290. The van der Waals surface area contributed by atoms with Crippen molar-refractivity contribution in [2.24, 2.45) is 11.8 Å². The van der Waals surface area contributed by atoms with Gasteiger partial charge in [-0.25, -0.2) is 0 Å². The van der Waals surface area contributed by atoms with Crippen LogP contribution in [0.15, 0.2) is 66.7 Å². The molecule has 0 bridgehead atoms. The number of rotatable bonds is 25. The highest BCUT2D eigenvalue weighted by molar-refractivity contribution is 6.00. The Kier molecular flexibility index (Phi) is 28.8. The lowest BCUT2D eigenvalue weighted by molar-refractivity contribution is -0.147. The van der Waals surface area contributed by atoms with Crippen LogP contribution < -0.4 is 46.9 Å². The van der Waals surface area contributed by atoms with E-state index < -0.39 is 184 Å². The average molecular weight is 1450 g/mol. The first kappa shape index (κ1) is 79.9. The zero-order valence-electron chi connectivity index (χ0n) is 58.9. The zero-order chi connectivity index (χ0) is 74.2. The second kappa shape index (κ2) is 37.2. The number of β-amino-alcohol motifs (C(OH)–C–C–N with tert-alkyl or cyclic N) is 1. The van der Waals surface area contributed by atoms with Crippen LogP contribution in [0.2, 0.25) is 0 Å². The Labute approximate surface area is 599 Å². The van der Waals surface area contributed by atoms with E-state index in [0.29, 0.717) is 12.0 Å². The molecule has 3 aromatic carbocycles. The first-order chi connectivity index (χ1) is 49.4.